The summed E-state index contributed by atoms with van der Waals surface area (Å²) in [5, 5.41) is 7.36. The van der Waals surface area contributed by atoms with Gasteiger partial charge in [0.1, 0.15) is 11.5 Å². The van der Waals surface area contributed by atoms with E-state index in [9.17, 15) is 9.18 Å². The van der Waals surface area contributed by atoms with Gasteiger partial charge in [-0.3, -0.25) is 4.79 Å². The van der Waals surface area contributed by atoms with Crippen molar-refractivity contribution in [1.29, 1.82) is 0 Å². The first-order chi connectivity index (χ1) is 10.7. The summed E-state index contributed by atoms with van der Waals surface area (Å²) in [6, 6.07) is 6.55. The van der Waals surface area contributed by atoms with E-state index in [1.807, 2.05) is 0 Å². The molecule has 0 bridgehead atoms. The Morgan fingerprint density at radius 1 is 1.45 bits per heavy atom. The number of benzene rings is 1. The molecule has 0 radical (unpaired) electrons. The van der Waals surface area contributed by atoms with Crippen molar-refractivity contribution in [2.45, 2.75) is 31.7 Å². The summed E-state index contributed by atoms with van der Waals surface area (Å²) in [5.74, 6) is 0.223. The van der Waals surface area contributed by atoms with E-state index in [1.165, 1.54) is 6.07 Å². The van der Waals surface area contributed by atoms with E-state index in [2.05, 4.69) is 23.0 Å². The minimum Gasteiger partial charge on any atom is -0.349 e. The Bertz CT molecular complexity index is 686. The molecule has 1 heterocycles. The van der Waals surface area contributed by atoms with Crippen LogP contribution in [-0.4, -0.2) is 21.4 Å². The monoisotopic (exact) mass is 319 g/mol. The molecule has 1 aromatic heterocycles. The van der Waals surface area contributed by atoms with Gasteiger partial charge in [-0.05, 0) is 37.1 Å². The molecule has 1 unspecified atom stereocenters. The minimum atomic E-state index is -0.297. The van der Waals surface area contributed by atoms with Crippen molar-refractivity contribution >= 4 is 18.5 Å². The van der Waals surface area contributed by atoms with E-state index in [0.717, 1.165) is 30.5 Å². The molecule has 0 aliphatic heterocycles. The van der Waals surface area contributed by atoms with E-state index >= 15 is 0 Å². The molecule has 22 heavy (non-hydrogen) atoms. The number of aromatic nitrogens is 2. The first-order valence-electron chi connectivity index (χ1n) is 7.42. The number of carbonyl (C=O) groups excluding carboxylic acids is 1. The zero-order chi connectivity index (χ0) is 15.5. The Morgan fingerprint density at radius 3 is 3.05 bits per heavy atom. The minimum absolute atomic E-state index is 0.00788. The number of rotatable bonds is 4. The Labute approximate surface area is 134 Å². The summed E-state index contributed by atoms with van der Waals surface area (Å²) < 4.78 is 15.6. The molecule has 0 saturated heterocycles. The highest BCUT2D eigenvalue weighted by atomic mass is 32.1. The van der Waals surface area contributed by atoms with Crippen LogP contribution in [0.1, 0.15) is 36.6 Å². The lowest BCUT2D eigenvalue weighted by Gasteiger charge is -2.24. The number of amides is 1. The third-order valence-corrected chi connectivity index (χ3v) is 4.16. The third kappa shape index (κ3) is 2.88. The van der Waals surface area contributed by atoms with Crippen LogP contribution in [0.4, 0.5) is 4.39 Å². The summed E-state index contributed by atoms with van der Waals surface area (Å²) in [4.78, 5) is 11.8. The number of nitrogens with one attached hydrogen (secondary N) is 1. The van der Waals surface area contributed by atoms with Crippen molar-refractivity contribution in [2.75, 3.05) is 5.75 Å². The fourth-order valence-corrected chi connectivity index (χ4v) is 3.11. The van der Waals surface area contributed by atoms with Crippen molar-refractivity contribution in [3.8, 4) is 5.69 Å². The summed E-state index contributed by atoms with van der Waals surface area (Å²) >= 11 is 4.08. The van der Waals surface area contributed by atoms with Crippen LogP contribution in [0.2, 0.25) is 0 Å². The molecule has 2 aromatic rings. The van der Waals surface area contributed by atoms with Gasteiger partial charge in [-0.2, -0.15) is 17.7 Å². The number of carbonyl (C=O) groups is 1. The van der Waals surface area contributed by atoms with Gasteiger partial charge in [-0.25, -0.2) is 9.07 Å². The van der Waals surface area contributed by atoms with Crippen molar-refractivity contribution < 1.29 is 9.18 Å². The van der Waals surface area contributed by atoms with Crippen LogP contribution < -0.4 is 5.32 Å². The molecule has 0 spiro atoms. The predicted molar refractivity (Wildman–Crippen MR) is 85.8 cm³/mol. The number of nitrogens with zero attached hydrogens (tertiary/aromatic N) is 2. The number of para-hydroxylation sites is 1. The molecule has 116 valence electrons. The maximum atomic E-state index is 14.0. The third-order valence-electron chi connectivity index (χ3n) is 3.94. The standard InChI is InChI=1S/C16H18FN3OS/c17-12-4-1-2-6-15(12)20-14-7-3-5-13(11(14)10-18-20)19-16(21)8-9-22/h1-2,4,6,10,13,22H,3,5,7-9H2,(H,19,21). The van der Waals surface area contributed by atoms with Gasteiger partial charge in [0.25, 0.3) is 0 Å². The Kier molecular flexibility index (Phi) is 4.47. The average Bonchev–Trinajstić information content (AvgIpc) is 2.93. The number of halogens is 1. The van der Waals surface area contributed by atoms with E-state index in [4.69, 9.17) is 0 Å². The lowest BCUT2D eigenvalue weighted by Crippen LogP contribution is -2.31. The largest absolute Gasteiger partial charge is 0.349 e. The van der Waals surface area contributed by atoms with Crippen LogP contribution in [0.15, 0.2) is 30.5 Å². The molecule has 0 saturated carbocycles. The predicted octanol–water partition coefficient (Wildman–Crippen LogP) is 2.82. The molecular formula is C16H18FN3OS. The molecule has 1 aliphatic rings. The molecule has 0 fully saturated rings. The highest BCUT2D eigenvalue weighted by Crippen LogP contribution is 2.31. The second-order valence-corrected chi connectivity index (χ2v) is 5.84. The van der Waals surface area contributed by atoms with Gasteiger partial charge in [0.15, 0.2) is 0 Å². The van der Waals surface area contributed by atoms with Gasteiger partial charge in [0.05, 0.1) is 12.2 Å². The first kappa shape index (κ1) is 15.1. The molecule has 4 nitrogen and oxygen atoms in total. The van der Waals surface area contributed by atoms with Crippen molar-refractivity contribution in [3.05, 3.63) is 47.5 Å². The number of thiol groups is 1. The fourth-order valence-electron chi connectivity index (χ4n) is 2.91. The van der Waals surface area contributed by atoms with Crippen molar-refractivity contribution in [1.82, 2.24) is 15.1 Å². The zero-order valence-electron chi connectivity index (χ0n) is 12.1. The van der Waals surface area contributed by atoms with E-state index in [-0.39, 0.29) is 17.8 Å². The SMILES string of the molecule is O=C(CCS)NC1CCCc2c1cnn2-c1ccccc1F. The van der Waals surface area contributed by atoms with Gasteiger partial charge in [-0.1, -0.05) is 12.1 Å². The highest BCUT2D eigenvalue weighted by Gasteiger charge is 2.26. The summed E-state index contributed by atoms with van der Waals surface area (Å²) in [7, 11) is 0. The van der Waals surface area contributed by atoms with Crippen molar-refractivity contribution in [2.24, 2.45) is 0 Å². The number of hydrogen-bond donors (Lipinski definition) is 2. The van der Waals surface area contributed by atoms with Crippen LogP contribution in [0.25, 0.3) is 5.69 Å². The van der Waals surface area contributed by atoms with Gasteiger partial charge in [0.2, 0.25) is 5.91 Å². The smallest absolute Gasteiger partial charge is 0.221 e. The summed E-state index contributed by atoms with van der Waals surface area (Å²) in [6.07, 6.45) is 4.80. The molecule has 1 atom stereocenters. The molecule has 1 aromatic carbocycles. The highest BCUT2D eigenvalue weighted by molar-refractivity contribution is 7.80. The van der Waals surface area contributed by atoms with E-state index in [1.54, 1.807) is 29.1 Å². The number of fused-ring (bicyclic) bond motifs is 1. The average molecular weight is 319 g/mol. The van der Waals surface area contributed by atoms with Crippen LogP contribution in [-0.2, 0) is 11.2 Å². The molecule has 3 rings (SSSR count). The number of hydrogen-bond acceptors (Lipinski definition) is 3. The maximum Gasteiger partial charge on any atom is 0.221 e. The Morgan fingerprint density at radius 2 is 2.27 bits per heavy atom. The molecular weight excluding hydrogens is 301 g/mol. The summed E-state index contributed by atoms with van der Waals surface area (Å²) in [6.45, 7) is 0. The fraction of sp³-hybridized carbons (Fsp3) is 0.375. The lowest BCUT2D eigenvalue weighted by molar-refractivity contribution is -0.121. The Hall–Kier alpha value is -1.82. The van der Waals surface area contributed by atoms with Crippen LogP contribution in [0.3, 0.4) is 0 Å². The normalized spacial score (nSPS) is 17.1. The van der Waals surface area contributed by atoms with Crippen molar-refractivity contribution in [3.63, 3.8) is 0 Å². The molecule has 6 heteroatoms. The topological polar surface area (TPSA) is 46.9 Å². The molecule has 1 N–H and O–H groups in total. The van der Waals surface area contributed by atoms with Crippen LogP contribution in [0, 0.1) is 5.82 Å². The quantitative estimate of drug-likeness (QED) is 0.851. The van der Waals surface area contributed by atoms with Gasteiger partial charge in [-0.15, -0.1) is 0 Å². The second-order valence-electron chi connectivity index (χ2n) is 5.40. The summed E-state index contributed by atoms with van der Waals surface area (Å²) in [5.41, 5.74) is 2.42. The zero-order valence-corrected chi connectivity index (χ0v) is 13.0. The Balaban J connectivity index is 1.91. The van der Waals surface area contributed by atoms with E-state index in [0.29, 0.717) is 17.9 Å². The van der Waals surface area contributed by atoms with Crippen LogP contribution >= 0.6 is 12.6 Å². The molecule has 1 aliphatic carbocycles. The van der Waals surface area contributed by atoms with Gasteiger partial charge < -0.3 is 5.32 Å². The first-order valence-corrected chi connectivity index (χ1v) is 8.06. The van der Waals surface area contributed by atoms with Gasteiger partial charge in [0, 0.05) is 17.7 Å². The van der Waals surface area contributed by atoms with Crippen LogP contribution in [0.5, 0.6) is 0 Å². The van der Waals surface area contributed by atoms with Gasteiger partial charge >= 0.3 is 0 Å². The van der Waals surface area contributed by atoms with E-state index < -0.39 is 0 Å². The maximum absolute atomic E-state index is 14.0. The molecule has 1 amide bonds. The lowest BCUT2D eigenvalue weighted by atomic mass is 9.92. The second kappa shape index (κ2) is 6.52.